The summed E-state index contributed by atoms with van der Waals surface area (Å²) in [6.07, 6.45) is 3.54. The lowest BCUT2D eigenvalue weighted by molar-refractivity contribution is 0.303. The van der Waals surface area contributed by atoms with Crippen molar-refractivity contribution in [3.8, 4) is 5.75 Å². The molecule has 0 amide bonds. The van der Waals surface area contributed by atoms with Gasteiger partial charge in [-0.05, 0) is 31.5 Å². The van der Waals surface area contributed by atoms with E-state index in [1.54, 1.807) is 6.07 Å². The molecule has 18 heavy (non-hydrogen) atoms. The molecule has 3 N–H and O–H groups in total. The molecule has 5 nitrogen and oxygen atoms in total. The Morgan fingerprint density at radius 3 is 2.78 bits per heavy atom. The van der Waals surface area contributed by atoms with E-state index in [-0.39, 0.29) is 4.90 Å². The molecule has 0 saturated heterocycles. The van der Waals surface area contributed by atoms with Gasteiger partial charge in [-0.2, -0.15) is 0 Å². The van der Waals surface area contributed by atoms with Crippen molar-refractivity contribution in [2.75, 3.05) is 19.4 Å². The van der Waals surface area contributed by atoms with Crippen LogP contribution in [0.25, 0.3) is 0 Å². The van der Waals surface area contributed by atoms with Crippen LogP contribution in [0, 0.1) is 5.92 Å². The van der Waals surface area contributed by atoms with E-state index in [0.717, 1.165) is 12.3 Å². The third kappa shape index (κ3) is 3.14. The van der Waals surface area contributed by atoms with Gasteiger partial charge in [-0.1, -0.05) is 12.8 Å². The molecule has 0 unspecified atom stereocenters. The molecule has 0 spiro atoms. The fourth-order valence-electron chi connectivity index (χ4n) is 1.67. The molecule has 0 aliphatic heterocycles. The Morgan fingerprint density at radius 2 is 2.17 bits per heavy atom. The molecule has 100 valence electrons. The molecule has 6 heteroatoms. The van der Waals surface area contributed by atoms with Gasteiger partial charge in [-0.3, -0.25) is 0 Å². The Labute approximate surface area is 107 Å². The molecule has 1 aromatic carbocycles. The standard InChI is InChI=1S/C12H18N2O3S/c1-14-18(15,16)10-4-5-11(13)12(8-10)17-7-6-9-2-3-9/h4-5,8-9,14H,2-3,6-7,13H2,1H3. The largest absolute Gasteiger partial charge is 0.491 e. The fraction of sp³-hybridized carbons (Fsp3) is 0.500. The molecular formula is C12H18N2O3S. The Kier molecular flexibility index (Phi) is 3.77. The van der Waals surface area contributed by atoms with Crippen molar-refractivity contribution < 1.29 is 13.2 Å². The van der Waals surface area contributed by atoms with Gasteiger partial charge in [-0.15, -0.1) is 0 Å². The van der Waals surface area contributed by atoms with Crippen LogP contribution in [0.15, 0.2) is 23.1 Å². The predicted molar refractivity (Wildman–Crippen MR) is 69.9 cm³/mol. The normalized spacial score (nSPS) is 15.6. The molecule has 1 aliphatic rings. The van der Waals surface area contributed by atoms with Crippen molar-refractivity contribution in [1.82, 2.24) is 4.72 Å². The smallest absolute Gasteiger partial charge is 0.240 e. The minimum Gasteiger partial charge on any atom is -0.491 e. The molecule has 1 aliphatic carbocycles. The minimum atomic E-state index is -3.45. The van der Waals surface area contributed by atoms with E-state index < -0.39 is 10.0 Å². The van der Waals surface area contributed by atoms with Crippen LogP contribution in [0.3, 0.4) is 0 Å². The summed E-state index contributed by atoms with van der Waals surface area (Å²) in [6, 6.07) is 4.49. The summed E-state index contributed by atoms with van der Waals surface area (Å²) in [5.74, 6) is 1.21. The van der Waals surface area contributed by atoms with Gasteiger partial charge >= 0.3 is 0 Å². The van der Waals surface area contributed by atoms with Crippen molar-refractivity contribution in [3.63, 3.8) is 0 Å². The average Bonchev–Trinajstić information content (AvgIpc) is 3.15. The number of sulfonamides is 1. The Morgan fingerprint density at radius 1 is 1.44 bits per heavy atom. The summed E-state index contributed by atoms with van der Waals surface area (Å²) in [6.45, 7) is 0.581. The molecule has 0 aromatic heterocycles. The van der Waals surface area contributed by atoms with Crippen LogP contribution in [0.1, 0.15) is 19.3 Å². The summed E-state index contributed by atoms with van der Waals surface area (Å²) in [5, 5.41) is 0. The summed E-state index contributed by atoms with van der Waals surface area (Å²) in [4.78, 5) is 0.167. The fourth-order valence-corrected chi connectivity index (χ4v) is 2.41. The van der Waals surface area contributed by atoms with Crippen molar-refractivity contribution in [3.05, 3.63) is 18.2 Å². The zero-order valence-electron chi connectivity index (χ0n) is 10.3. The number of nitrogen functional groups attached to an aromatic ring is 1. The van der Waals surface area contributed by atoms with Gasteiger partial charge in [0.05, 0.1) is 17.2 Å². The Balaban J connectivity index is 2.10. The highest BCUT2D eigenvalue weighted by atomic mass is 32.2. The van der Waals surface area contributed by atoms with Crippen LogP contribution in [-0.2, 0) is 10.0 Å². The second kappa shape index (κ2) is 5.16. The number of anilines is 1. The highest BCUT2D eigenvalue weighted by Gasteiger charge is 2.21. The van der Waals surface area contributed by atoms with E-state index in [1.807, 2.05) is 0 Å². The molecule has 1 aromatic rings. The first kappa shape index (κ1) is 13.2. The van der Waals surface area contributed by atoms with Crippen molar-refractivity contribution in [2.24, 2.45) is 5.92 Å². The topological polar surface area (TPSA) is 81.4 Å². The number of nitrogens with one attached hydrogen (secondary N) is 1. The number of ether oxygens (including phenoxy) is 1. The van der Waals surface area contributed by atoms with Gasteiger partial charge < -0.3 is 10.5 Å². The highest BCUT2D eigenvalue weighted by molar-refractivity contribution is 7.89. The van der Waals surface area contributed by atoms with Gasteiger partial charge in [0.1, 0.15) is 5.75 Å². The Hall–Kier alpha value is -1.27. The summed E-state index contributed by atoms with van der Waals surface area (Å²) in [5.41, 5.74) is 6.23. The van der Waals surface area contributed by atoms with Gasteiger partial charge in [-0.25, -0.2) is 13.1 Å². The number of nitrogens with two attached hydrogens (primary N) is 1. The van der Waals surface area contributed by atoms with Crippen LogP contribution < -0.4 is 15.2 Å². The SMILES string of the molecule is CNS(=O)(=O)c1ccc(N)c(OCCC2CC2)c1. The number of hydrogen-bond donors (Lipinski definition) is 2. The van der Waals surface area contributed by atoms with E-state index in [0.29, 0.717) is 18.0 Å². The number of rotatable bonds is 6. The minimum absolute atomic E-state index is 0.167. The summed E-state index contributed by atoms with van der Waals surface area (Å²) in [7, 11) is -2.08. The van der Waals surface area contributed by atoms with Crippen LogP contribution >= 0.6 is 0 Å². The molecule has 0 bridgehead atoms. The van der Waals surface area contributed by atoms with E-state index in [1.165, 1.54) is 32.0 Å². The van der Waals surface area contributed by atoms with Gasteiger partial charge in [0.2, 0.25) is 10.0 Å². The maximum Gasteiger partial charge on any atom is 0.240 e. The molecule has 1 fully saturated rings. The van der Waals surface area contributed by atoms with Crippen molar-refractivity contribution in [1.29, 1.82) is 0 Å². The summed E-state index contributed by atoms with van der Waals surface area (Å²) >= 11 is 0. The first-order valence-electron chi connectivity index (χ1n) is 5.99. The lowest BCUT2D eigenvalue weighted by Crippen LogP contribution is -2.18. The van der Waals surface area contributed by atoms with E-state index in [2.05, 4.69) is 4.72 Å². The zero-order chi connectivity index (χ0) is 13.2. The molecule has 0 heterocycles. The monoisotopic (exact) mass is 270 g/mol. The Bertz CT molecular complexity index is 524. The van der Waals surface area contributed by atoms with E-state index >= 15 is 0 Å². The van der Waals surface area contributed by atoms with Crippen molar-refractivity contribution >= 4 is 15.7 Å². The van der Waals surface area contributed by atoms with Gasteiger partial charge in [0, 0.05) is 6.07 Å². The van der Waals surface area contributed by atoms with Crippen LogP contribution in [-0.4, -0.2) is 22.1 Å². The second-order valence-corrected chi connectivity index (χ2v) is 6.37. The molecular weight excluding hydrogens is 252 g/mol. The lowest BCUT2D eigenvalue weighted by atomic mass is 10.3. The van der Waals surface area contributed by atoms with E-state index in [4.69, 9.17) is 10.5 Å². The molecule has 0 atom stereocenters. The molecule has 1 saturated carbocycles. The van der Waals surface area contributed by atoms with Crippen molar-refractivity contribution in [2.45, 2.75) is 24.2 Å². The predicted octanol–water partition coefficient (Wildman–Crippen LogP) is 1.36. The zero-order valence-corrected chi connectivity index (χ0v) is 11.2. The number of hydrogen-bond acceptors (Lipinski definition) is 4. The third-order valence-corrected chi connectivity index (χ3v) is 4.46. The first-order valence-corrected chi connectivity index (χ1v) is 7.47. The lowest BCUT2D eigenvalue weighted by Gasteiger charge is -2.10. The van der Waals surface area contributed by atoms with E-state index in [9.17, 15) is 8.42 Å². The first-order chi connectivity index (χ1) is 8.53. The van der Waals surface area contributed by atoms with Gasteiger partial charge in [0.15, 0.2) is 0 Å². The third-order valence-electron chi connectivity index (χ3n) is 3.04. The van der Waals surface area contributed by atoms with Gasteiger partial charge in [0.25, 0.3) is 0 Å². The highest BCUT2D eigenvalue weighted by Crippen LogP contribution is 2.33. The quantitative estimate of drug-likeness (QED) is 0.765. The second-order valence-electron chi connectivity index (χ2n) is 4.49. The maximum absolute atomic E-state index is 11.6. The summed E-state index contributed by atoms with van der Waals surface area (Å²) < 4.78 is 31.1. The molecule has 0 radical (unpaired) electrons. The van der Waals surface area contributed by atoms with Crippen LogP contribution in [0.5, 0.6) is 5.75 Å². The van der Waals surface area contributed by atoms with Crippen LogP contribution in [0.2, 0.25) is 0 Å². The number of benzene rings is 1. The van der Waals surface area contributed by atoms with Crippen LogP contribution in [0.4, 0.5) is 5.69 Å². The maximum atomic E-state index is 11.6. The molecule has 2 rings (SSSR count). The average molecular weight is 270 g/mol.